The van der Waals surface area contributed by atoms with Crippen molar-refractivity contribution >= 4 is 11.3 Å². The number of halogens is 2. The second-order valence-electron chi connectivity index (χ2n) is 3.39. The van der Waals surface area contributed by atoms with Gasteiger partial charge in [0.05, 0.1) is 6.54 Å². The van der Waals surface area contributed by atoms with Gasteiger partial charge < -0.3 is 5.32 Å². The van der Waals surface area contributed by atoms with E-state index in [0.29, 0.717) is 0 Å². The Kier molecular flexibility index (Phi) is 4.01. The smallest absolute Gasteiger partial charge is 0.250 e. The second kappa shape index (κ2) is 4.84. The van der Waals surface area contributed by atoms with E-state index in [0.717, 1.165) is 5.56 Å². The van der Waals surface area contributed by atoms with Gasteiger partial charge in [0, 0.05) is 15.8 Å². The molecule has 1 heterocycles. The molecule has 0 saturated carbocycles. The molecule has 0 amide bonds. The monoisotopic (exact) mass is 219 g/mol. The van der Waals surface area contributed by atoms with Crippen molar-refractivity contribution in [2.45, 2.75) is 33.2 Å². The van der Waals surface area contributed by atoms with Crippen molar-refractivity contribution in [2.75, 3.05) is 6.54 Å². The van der Waals surface area contributed by atoms with Crippen molar-refractivity contribution in [3.63, 3.8) is 0 Å². The van der Waals surface area contributed by atoms with Crippen molar-refractivity contribution in [2.24, 2.45) is 0 Å². The zero-order chi connectivity index (χ0) is 10.7. The van der Waals surface area contributed by atoms with Crippen LogP contribution in [0.1, 0.15) is 28.3 Å². The van der Waals surface area contributed by atoms with Gasteiger partial charge in [0.2, 0.25) is 0 Å². The number of rotatable bonds is 4. The summed E-state index contributed by atoms with van der Waals surface area (Å²) in [6, 6.07) is 2.07. The van der Waals surface area contributed by atoms with Crippen LogP contribution in [0.5, 0.6) is 0 Å². The largest absolute Gasteiger partial charge is 0.305 e. The molecule has 1 unspecified atom stereocenters. The first-order valence-electron chi connectivity index (χ1n) is 4.59. The van der Waals surface area contributed by atoms with Gasteiger partial charge in [-0.25, -0.2) is 8.78 Å². The van der Waals surface area contributed by atoms with E-state index in [-0.39, 0.29) is 12.6 Å². The molecular formula is C10H15F2NS. The third kappa shape index (κ3) is 3.03. The van der Waals surface area contributed by atoms with Crippen LogP contribution in [-0.4, -0.2) is 13.0 Å². The lowest BCUT2D eigenvalue weighted by Crippen LogP contribution is -2.24. The molecule has 1 nitrogen and oxygen atoms in total. The lowest BCUT2D eigenvalue weighted by Gasteiger charge is -2.13. The number of nitrogens with one attached hydrogen (secondary N) is 1. The Bertz CT molecular complexity index is 296. The van der Waals surface area contributed by atoms with E-state index in [4.69, 9.17) is 0 Å². The van der Waals surface area contributed by atoms with Gasteiger partial charge in [0.25, 0.3) is 6.43 Å². The van der Waals surface area contributed by atoms with E-state index in [1.807, 2.05) is 20.8 Å². The molecule has 0 aliphatic heterocycles. The fourth-order valence-corrected chi connectivity index (χ4v) is 2.48. The van der Waals surface area contributed by atoms with E-state index >= 15 is 0 Å². The standard InChI is InChI=1S/C10H15F2NS/c1-6-4-9(8(3)14-6)7(2)13-5-10(11)12/h4,7,10,13H,5H2,1-3H3. The number of hydrogen-bond donors (Lipinski definition) is 1. The first kappa shape index (κ1) is 11.6. The minimum atomic E-state index is -2.28. The van der Waals surface area contributed by atoms with Gasteiger partial charge >= 0.3 is 0 Å². The van der Waals surface area contributed by atoms with Gasteiger partial charge in [-0.2, -0.15) is 0 Å². The number of aryl methyl sites for hydroxylation is 2. The van der Waals surface area contributed by atoms with Crippen LogP contribution < -0.4 is 5.32 Å². The molecule has 0 aliphatic rings. The molecule has 1 atom stereocenters. The quantitative estimate of drug-likeness (QED) is 0.819. The summed E-state index contributed by atoms with van der Waals surface area (Å²) in [7, 11) is 0. The molecule has 14 heavy (non-hydrogen) atoms. The maximum atomic E-state index is 12.0. The molecule has 0 radical (unpaired) electrons. The third-order valence-electron chi connectivity index (χ3n) is 2.12. The van der Waals surface area contributed by atoms with E-state index in [1.165, 1.54) is 9.75 Å². The summed E-state index contributed by atoms with van der Waals surface area (Å²) in [5.74, 6) is 0. The average molecular weight is 219 g/mol. The summed E-state index contributed by atoms with van der Waals surface area (Å²) in [6.45, 7) is 5.72. The summed E-state index contributed by atoms with van der Waals surface area (Å²) in [5, 5.41) is 2.81. The number of thiophene rings is 1. The SMILES string of the molecule is Cc1cc(C(C)NCC(F)F)c(C)s1. The number of hydrogen-bond acceptors (Lipinski definition) is 2. The van der Waals surface area contributed by atoms with Crippen LogP contribution in [0.3, 0.4) is 0 Å². The van der Waals surface area contributed by atoms with Gasteiger partial charge in [-0.3, -0.25) is 0 Å². The van der Waals surface area contributed by atoms with Crippen molar-refractivity contribution in [1.82, 2.24) is 5.32 Å². The van der Waals surface area contributed by atoms with Crippen LogP contribution in [0, 0.1) is 13.8 Å². The highest BCUT2D eigenvalue weighted by Crippen LogP contribution is 2.25. The topological polar surface area (TPSA) is 12.0 Å². The molecule has 1 aromatic rings. The molecule has 80 valence electrons. The van der Waals surface area contributed by atoms with Crippen LogP contribution in [0.4, 0.5) is 8.78 Å². The Hall–Kier alpha value is -0.480. The van der Waals surface area contributed by atoms with Crippen molar-refractivity contribution < 1.29 is 8.78 Å². The Morgan fingerprint density at radius 3 is 2.50 bits per heavy atom. The van der Waals surface area contributed by atoms with Gasteiger partial charge in [-0.05, 0) is 32.4 Å². The zero-order valence-electron chi connectivity index (χ0n) is 8.60. The lowest BCUT2D eigenvalue weighted by atomic mass is 10.1. The fraction of sp³-hybridized carbons (Fsp3) is 0.600. The summed E-state index contributed by atoms with van der Waals surface area (Å²) in [6.07, 6.45) is -2.28. The van der Waals surface area contributed by atoms with Crippen molar-refractivity contribution in [3.05, 3.63) is 21.4 Å². The maximum absolute atomic E-state index is 12.0. The van der Waals surface area contributed by atoms with Gasteiger partial charge in [-0.1, -0.05) is 0 Å². The predicted molar refractivity (Wildman–Crippen MR) is 56.2 cm³/mol. The Morgan fingerprint density at radius 2 is 2.07 bits per heavy atom. The molecule has 0 bridgehead atoms. The van der Waals surface area contributed by atoms with Gasteiger partial charge in [0.1, 0.15) is 0 Å². The van der Waals surface area contributed by atoms with Gasteiger partial charge in [0.15, 0.2) is 0 Å². The Balaban J connectivity index is 2.60. The van der Waals surface area contributed by atoms with E-state index in [9.17, 15) is 8.78 Å². The molecule has 0 saturated heterocycles. The molecular weight excluding hydrogens is 204 g/mol. The Morgan fingerprint density at radius 1 is 1.43 bits per heavy atom. The molecule has 0 fully saturated rings. The molecule has 1 rings (SSSR count). The van der Waals surface area contributed by atoms with E-state index in [2.05, 4.69) is 11.4 Å². The van der Waals surface area contributed by atoms with Crippen molar-refractivity contribution in [3.8, 4) is 0 Å². The van der Waals surface area contributed by atoms with Crippen LogP contribution in [0.25, 0.3) is 0 Å². The Labute approximate surface area is 87.1 Å². The molecule has 1 aromatic heterocycles. The van der Waals surface area contributed by atoms with Crippen molar-refractivity contribution in [1.29, 1.82) is 0 Å². The highest BCUT2D eigenvalue weighted by molar-refractivity contribution is 7.12. The average Bonchev–Trinajstić information content (AvgIpc) is 2.41. The van der Waals surface area contributed by atoms with E-state index < -0.39 is 6.43 Å². The zero-order valence-corrected chi connectivity index (χ0v) is 9.42. The summed E-state index contributed by atoms with van der Waals surface area (Å²) in [4.78, 5) is 2.43. The lowest BCUT2D eigenvalue weighted by molar-refractivity contribution is 0.142. The first-order chi connectivity index (χ1) is 6.50. The molecule has 0 spiro atoms. The predicted octanol–water partition coefficient (Wildman–Crippen LogP) is 3.28. The van der Waals surface area contributed by atoms with E-state index in [1.54, 1.807) is 11.3 Å². The normalized spacial score (nSPS) is 13.6. The summed E-state index contributed by atoms with van der Waals surface area (Å²) < 4.78 is 23.9. The highest BCUT2D eigenvalue weighted by Gasteiger charge is 2.12. The minimum absolute atomic E-state index is 0.00829. The molecule has 0 aliphatic carbocycles. The summed E-state index contributed by atoms with van der Waals surface area (Å²) in [5.41, 5.74) is 1.13. The highest BCUT2D eigenvalue weighted by atomic mass is 32.1. The molecule has 1 N–H and O–H groups in total. The van der Waals surface area contributed by atoms with Crippen LogP contribution in [0.2, 0.25) is 0 Å². The van der Waals surface area contributed by atoms with Gasteiger partial charge in [-0.15, -0.1) is 11.3 Å². The molecule has 4 heteroatoms. The fourth-order valence-electron chi connectivity index (χ4n) is 1.46. The second-order valence-corrected chi connectivity index (χ2v) is 4.85. The third-order valence-corrected chi connectivity index (χ3v) is 3.11. The maximum Gasteiger partial charge on any atom is 0.250 e. The van der Waals surface area contributed by atoms with Crippen LogP contribution >= 0.6 is 11.3 Å². The number of alkyl halides is 2. The van der Waals surface area contributed by atoms with Crippen LogP contribution in [0.15, 0.2) is 6.07 Å². The summed E-state index contributed by atoms with van der Waals surface area (Å²) >= 11 is 1.70. The first-order valence-corrected chi connectivity index (χ1v) is 5.41. The minimum Gasteiger partial charge on any atom is -0.305 e. The van der Waals surface area contributed by atoms with Crippen LogP contribution in [-0.2, 0) is 0 Å². The molecule has 0 aromatic carbocycles.